The second-order valence-electron chi connectivity index (χ2n) is 10.2. The summed E-state index contributed by atoms with van der Waals surface area (Å²) in [4.78, 5) is 2.33. The fraction of sp³-hybridized carbons (Fsp3) is 0.0500. The van der Waals surface area contributed by atoms with E-state index in [4.69, 9.17) is 0 Å². The average Bonchev–Trinajstić information content (AvgIpc) is 3.02. The van der Waals surface area contributed by atoms with Gasteiger partial charge in [-0.05, 0) is 83.1 Å². The third kappa shape index (κ3) is 6.90. The molecule has 0 radical (unpaired) electrons. The van der Waals surface area contributed by atoms with Crippen molar-refractivity contribution in [3.05, 3.63) is 173 Å². The van der Waals surface area contributed by atoms with Crippen molar-refractivity contribution in [2.75, 3.05) is 4.90 Å². The van der Waals surface area contributed by atoms with Crippen molar-refractivity contribution in [1.82, 2.24) is 0 Å². The Morgan fingerprint density at radius 3 is 1.12 bits per heavy atom. The van der Waals surface area contributed by atoms with Gasteiger partial charge in [-0.2, -0.15) is 0 Å². The minimum Gasteiger partial charge on any atom is -0.310 e. The standard InChI is InChI=1S/C40H35N/c1-5-32-8-12-34(13-9-32)16-18-36-20-24-38(25-21-36)41(40-28-7-30(3)29-31(40)4)39-26-22-37(23-27-39)19-17-35-14-10-33(6-2)11-15-35/h5-29H,1-2H2,3-4H3. The van der Waals surface area contributed by atoms with Crippen LogP contribution in [-0.4, -0.2) is 0 Å². The molecule has 5 rings (SSSR count). The van der Waals surface area contributed by atoms with Crippen LogP contribution in [0.2, 0.25) is 0 Å². The second-order valence-corrected chi connectivity index (χ2v) is 10.2. The van der Waals surface area contributed by atoms with Crippen molar-refractivity contribution >= 4 is 53.5 Å². The van der Waals surface area contributed by atoms with Gasteiger partial charge in [0, 0.05) is 17.1 Å². The molecule has 0 atom stereocenters. The first kappa shape index (κ1) is 27.4. The van der Waals surface area contributed by atoms with Gasteiger partial charge in [0.05, 0.1) is 0 Å². The maximum atomic E-state index is 3.83. The van der Waals surface area contributed by atoms with Crippen LogP contribution in [0.25, 0.3) is 36.5 Å². The molecule has 5 aromatic rings. The Morgan fingerprint density at radius 2 is 0.780 bits per heavy atom. The van der Waals surface area contributed by atoms with Crippen molar-refractivity contribution in [3.63, 3.8) is 0 Å². The molecule has 0 amide bonds. The van der Waals surface area contributed by atoms with Gasteiger partial charge in [-0.1, -0.05) is 140 Å². The van der Waals surface area contributed by atoms with Gasteiger partial charge in [0.15, 0.2) is 0 Å². The molecule has 0 aliphatic carbocycles. The van der Waals surface area contributed by atoms with Crippen molar-refractivity contribution < 1.29 is 0 Å². The SMILES string of the molecule is C=Cc1ccc(C=Cc2ccc(N(c3ccc(C=Cc4ccc(C=C)cc4)cc3)c3ccc(C)cc3C)cc2)cc1. The summed E-state index contributed by atoms with van der Waals surface area (Å²) >= 11 is 0. The van der Waals surface area contributed by atoms with Crippen LogP contribution in [0, 0.1) is 13.8 Å². The van der Waals surface area contributed by atoms with Gasteiger partial charge in [-0.25, -0.2) is 0 Å². The molecule has 41 heavy (non-hydrogen) atoms. The van der Waals surface area contributed by atoms with E-state index < -0.39 is 0 Å². The van der Waals surface area contributed by atoms with Crippen LogP contribution in [0.5, 0.6) is 0 Å². The Morgan fingerprint density at radius 1 is 0.439 bits per heavy atom. The molecule has 0 spiro atoms. The summed E-state index contributed by atoms with van der Waals surface area (Å²) in [6, 6.07) is 40.9. The summed E-state index contributed by atoms with van der Waals surface area (Å²) in [6.07, 6.45) is 12.3. The Bertz CT molecular complexity index is 1580. The topological polar surface area (TPSA) is 3.24 Å². The molecule has 0 fully saturated rings. The van der Waals surface area contributed by atoms with E-state index in [0.29, 0.717) is 0 Å². The van der Waals surface area contributed by atoms with Crippen LogP contribution in [0.15, 0.2) is 128 Å². The molecule has 0 unspecified atom stereocenters. The number of hydrogen-bond donors (Lipinski definition) is 0. The number of aryl methyl sites for hydroxylation is 2. The summed E-state index contributed by atoms with van der Waals surface area (Å²) in [5.41, 5.74) is 12.8. The minimum absolute atomic E-state index is 1.12. The van der Waals surface area contributed by atoms with Crippen LogP contribution >= 0.6 is 0 Å². The van der Waals surface area contributed by atoms with Gasteiger partial charge < -0.3 is 4.90 Å². The maximum Gasteiger partial charge on any atom is 0.0490 e. The van der Waals surface area contributed by atoms with Crippen LogP contribution in [0.4, 0.5) is 17.1 Å². The highest BCUT2D eigenvalue weighted by Gasteiger charge is 2.14. The van der Waals surface area contributed by atoms with Crippen LogP contribution in [-0.2, 0) is 0 Å². The fourth-order valence-corrected chi connectivity index (χ4v) is 4.82. The van der Waals surface area contributed by atoms with Crippen molar-refractivity contribution in [2.24, 2.45) is 0 Å². The molecular formula is C40H35N. The summed E-state index contributed by atoms with van der Waals surface area (Å²) in [7, 11) is 0. The van der Waals surface area contributed by atoms with E-state index in [0.717, 1.165) is 33.6 Å². The highest BCUT2D eigenvalue weighted by Crippen LogP contribution is 2.37. The highest BCUT2D eigenvalue weighted by molar-refractivity contribution is 5.81. The van der Waals surface area contributed by atoms with E-state index in [-0.39, 0.29) is 0 Å². The van der Waals surface area contributed by atoms with E-state index in [1.54, 1.807) is 0 Å². The van der Waals surface area contributed by atoms with Crippen molar-refractivity contribution in [1.29, 1.82) is 0 Å². The third-order valence-electron chi connectivity index (χ3n) is 7.18. The highest BCUT2D eigenvalue weighted by atomic mass is 15.1. The van der Waals surface area contributed by atoms with Gasteiger partial charge in [0.25, 0.3) is 0 Å². The van der Waals surface area contributed by atoms with E-state index in [2.05, 4.69) is 171 Å². The lowest BCUT2D eigenvalue weighted by Crippen LogP contribution is -2.11. The number of anilines is 3. The van der Waals surface area contributed by atoms with E-state index >= 15 is 0 Å². The van der Waals surface area contributed by atoms with Crippen LogP contribution in [0.3, 0.4) is 0 Å². The average molecular weight is 530 g/mol. The monoisotopic (exact) mass is 529 g/mol. The summed E-state index contributed by atoms with van der Waals surface area (Å²) < 4.78 is 0. The minimum atomic E-state index is 1.12. The summed E-state index contributed by atoms with van der Waals surface area (Å²) in [5, 5.41) is 0. The molecule has 0 bridgehead atoms. The molecule has 0 aromatic heterocycles. The predicted octanol–water partition coefficient (Wildman–Crippen LogP) is 11.4. The summed E-state index contributed by atoms with van der Waals surface area (Å²) in [6.45, 7) is 12.0. The lowest BCUT2D eigenvalue weighted by molar-refractivity contribution is 1.24. The Balaban J connectivity index is 1.41. The van der Waals surface area contributed by atoms with Crippen molar-refractivity contribution in [3.8, 4) is 0 Å². The lowest BCUT2D eigenvalue weighted by Gasteiger charge is -2.27. The zero-order valence-corrected chi connectivity index (χ0v) is 23.8. The molecule has 5 aromatic carbocycles. The number of hydrogen-bond acceptors (Lipinski definition) is 1. The molecule has 0 saturated carbocycles. The molecule has 0 saturated heterocycles. The smallest absolute Gasteiger partial charge is 0.0490 e. The van der Waals surface area contributed by atoms with E-state index in [1.807, 2.05) is 12.2 Å². The maximum absolute atomic E-state index is 3.83. The summed E-state index contributed by atoms with van der Waals surface area (Å²) in [5.74, 6) is 0. The zero-order valence-electron chi connectivity index (χ0n) is 23.8. The van der Waals surface area contributed by atoms with Gasteiger partial charge in [-0.15, -0.1) is 0 Å². The largest absolute Gasteiger partial charge is 0.310 e. The number of rotatable bonds is 9. The van der Waals surface area contributed by atoms with E-state index in [9.17, 15) is 0 Å². The van der Waals surface area contributed by atoms with Crippen molar-refractivity contribution in [2.45, 2.75) is 13.8 Å². The number of benzene rings is 5. The predicted molar refractivity (Wildman–Crippen MR) is 182 cm³/mol. The fourth-order valence-electron chi connectivity index (χ4n) is 4.82. The molecule has 0 aliphatic heterocycles. The molecule has 0 aliphatic rings. The van der Waals surface area contributed by atoms with Crippen LogP contribution in [0.1, 0.15) is 44.5 Å². The zero-order chi connectivity index (χ0) is 28.6. The first-order valence-electron chi connectivity index (χ1n) is 13.9. The molecule has 200 valence electrons. The molecular weight excluding hydrogens is 494 g/mol. The van der Waals surface area contributed by atoms with Gasteiger partial charge in [0.2, 0.25) is 0 Å². The number of nitrogens with zero attached hydrogens (tertiary/aromatic N) is 1. The third-order valence-corrected chi connectivity index (χ3v) is 7.18. The first-order chi connectivity index (χ1) is 20.0. The van der Waals surface area contributed by atoms with Gasteiger partial charge in [0.1, 0.15) is 0 Å². The van der Waals surface area contributed by atoms with Crippen LogP contribution < -0.4 is 4.90 Å². The Kier molecular flexibility index (Phi) is 8.57. The quantitative estimate of drug-likeness (QED) is 0.172. The normalized spacial score (nSPS) is 11.2. The molecule has 1 heteroatoms. The molecule has 0 heterocycles. The molecule has 1 nitrogen and oxygen atoms in total. The van der Waals surface area contributed by atoms with Gasteiger partial charge in [-0.3, -0.25) is 0 Å². The Labute approximate surface area is 244 Å². The lowest BCUT2D eigenvalue weighted by atomic mass is 10.1. The molecule has 0 N–H and O–H groups in total. The van der Waals surface area contributed by atoms with Gasteiger partial charge >= 0.3 is 0 Å². The second kappa shape index (κ2) is 12.8. The first-order valence-corrected chi connectivity index (χ1v) is 13.9. The van der Waals surface area contributed by atoms with E-state index in [1.165, 1.54) is 27.9 Å². The Hall–Kier alpha value is -5.14.